The number of carbonyl (C=O) groups excluding carboxylic acids is 2. The maximum atomic E-state index is 12.9. The topological polar surface area (TPSA) is 102 Å². The maximum Gasteiger partial charge on any atom is 0.338 e. The van der Waals surface area contributed by atoms with Crippen LogP contribution >= 0.6 is 0 Å². The first-order valence-corrected chi connectivity index (χ1v) is 11.5. The number of halogens is 1. The van der Waals surface area contributed by atoms with Crippen molar-refractivity contribution in [1.82, 2.24) is 5.32 Å². The lowest BCUT2D eigenvalue weighted by atomic mass is 10.1. The van der Waals surface area contributed by atoms with Gasteiger partial charge in [0.25, 0.3) is 15.9 Å². The zero-order valence-electron chi connectivity index (χ0n) is 18.1. The van der Waals surface area contributed by atoms with E-state index in [4.69, 9.17) is 4.74 Å². The van der Waals surface area contributed by atoms with Crippen LogP contribution < -0.4 is 10.0 Å². The standard InChI is InChI=1S/C24H23FN2O5S/c1-16-4-3-5-20(12-16)27-33(30,31)21-11-6-17(2)22(13-21)24(29)32-15-23(28)26-14-18-7-9-19(25)10-8-18/h3-13,27H,14-15H2,1-2H3,(H,26,28). The number of esters is 1. The van der Waals surface area contributed by atoms with E-state index >= 15 is 0 Å². The van der Waals surface area contributed by atoms with Crippen molar-refractivity contribution in [3.63, 3.8) is 0 Å². The summed E-state index contributed by atoms with van der Waals surface area (Å²) in [7, 11) is -3.94. The van der Waals surface area contributed by atoms with Crippen LogP contribution in [0.5, 0.6) is 0 Å². The molecule has 0 saturated heterocycles. The van der Waals surface area contributed by atoms with Gasteiger partial charge in [-0.15, -0.1) is 0 Å². The second-order valence-electron chi connectivity index (χ2n) is 7.43. The van der Waals surface area contributed by atoms with Gasteiger partial charge in [-0.2, -0.15) is 0 Å². The minimum absolute atomic E-state index is 0.0356. The number of aryl methyl sites for hydroxylation is 2. The summed E-state index contributed by atoms with van der Waals surface area (Å²) in [5.74, 6) is -1.75. The molecule has 2 N–H and O–H groups in total. The van der Waals surface area contributed by atoms with Crippen LogP contribution in [0.4, 0.5) is 10.1 Å². The Bertz CT molecular complexity index is 1270. The van der Waals surface area contributed by atoms with Crippen molar-refractivity contribution in [3.05, 3.63) is 94.8 Å². The lowest BCUT2D eigenvalue weighted by molar-refractivity contribution is -0.124. The second-order valence-corrected chi connectivity index (χ2v) is 9.11. The first-order chi connectivity index (χ1) is 15.6. The quantitative estimate of drug-likeness (QED) is 0.489. The van der Waals surface area contributed by atoms with Crippen molar-refractivity contribution < 1.29 is 27.1 Å². The van der Waals surface area contributed by atoms with E-state index in [1.807, 2.05) is 13.0 Å². The lowest BCUT2D eigenvalue weighted by Gasteiger charge is -2.12. The highest BCUT2D eigenvalue weighted by Crippen LogP contribution is 2.20. The Morgan fingerprint density at radius 2 is 1.70 bits per heavy atom. The number of nitrogens with one attached hydrogen (secondary N) is 2. The highest BCUT2D eigenvalue weighted by Gasteiger charge is 2.20. The minimum atomic E-state index is -3.94. The Labute approximate surface area is 191 Å². The van der Waals surface area contributed by atoms with E-state index in [1.165, 1.54) is 42.5 Å². The molecule has 1 amide bonds. The number of rotatable bonds is 8. The van der Waals surface area contributed by atoms with Crippen LogP contribution in [0.25, 0.3) is 0 Å². The average molecular weight is 471 g/mol. The molecule has 0 atom stereocenters. The molecule has 3 aromatic carbocycles. The summed E-state index contributed by atoms with van der Waals surface area (Å²) in [5, 5.41) is 2.56. The molecule has 0 aliphatic heterocycles. The van der Waals surface area contributed by atoms with Gasteiger partial charge in [0.15, 0.2) is 6.61 Å². The van der Waals surface area contributed by atoms with Gasteiger partial charge in [-0.25, -0.2) is 17.6 Å². The smallest absolute Gasteiger partial charge is 0.338 e. The number of benzene rings is 3. The van der Waals surface area contributed by atoms with Gasteiger partial charge in [0.05, 0.1) is 10.5 Å². The molecule has 172 valence electrons. The van der Waals surface area contributed by atoms with Crippen LogP contribution in [0, 0.1) is 19.7 Å². The number of sulfonamides is 1. The van der Waals surface area contributed by atoms with Crippen LogP contribution in [-0.4, -0.2) is 26.9 Å². The van der Waals surface area contributed by atoms with E-state index in [2.05, 4.69) is 10.0 Å². The first-order valence-electron chi connectivity index (χ1n) is 10.0. The van der Waals surface area contributed by atoms with Crippen molar-refractivity contribution in [2.45, 2.75) is 25.3 Å². The Morgan fingerprint density at radius 3 is 2.39 bits per heavy atom. The third-order valence-electron chi connectivity index (χ3n) is 4.75. The van der Waals surface area contributed by atoms with E-state index in [1.54, 1.807) is 25.1 Å². The molecular weight excluding hydrogens is 447 g/mol. The van der Waals surface area contributed by atoms with E-state index in [0.717, 1.165) is 5.56 Å². The van der Waals surface area contributed by atoms with Gasteiger partial charge in [0.1, 0.15) is 5.82 Å². The van der Waals surface area contributed by atoms with Crippen molar-refractivity contribution >= 4 is 27.6 Å². The number of hydrogen-bond donors (Lipinski definition) is 2. The molecule has 0 radical (unpaired) electrons. The Kier molecular flexibility index (Phi) is 7.44. The SMILES string of the molecule is Cc1cccc(NS(=O)(=O)c2ccc(C)c(C(=O)OCC(=O)NCc3ccc(F)cc3)c2)c1. The highest BCUT2D eigenvalue weighted by molar-refractivity contribution is 7.92. The molecule has 0 aromatic heterocycles. The van der Waals surface area contributed by atoms with E-state index in [-0.39, 0.29) is 22.8 Å². The summed E-state index contributed by atoms with van der Waals surface area (Å²) < 4.78 is 46.0. The number of carbonyl (C=O) groups is 2. The lowest BCUT2D eigenvalue weighted by Crippen LogP contribution is -2.28. The molecule has 9 heteroatoms. The molecule has 3 aromatic rings. The van der Waals surface area contributed by atoms with Crippen LogP contribution in [0.3, 0.4) is 0 Å². The summed E-state index contributed by atoms with van der Waals surface area (Å²) in [6.45, 7) is 3.08. The molecule has 0 heterocycles. The monoisotopic (exact) mass is 470 g/mol. The molecule has 0 spiro atoms. The Morgan fingerprint density at radius 1 is 0.970 bits per heavy atom. The Hall–Kier alpha value is -3.72. The van der Waals surface area contributed by atoms with Crippen LogP contribution in [0.15, 0.2) is 71.6 Å². The predicted octanol–water partition coefficient (Wildman–Crippen LogP) is 3.72. The largest absolute Gasteiger partial charge is 0.452 e. The maximum absolute atomic E-state index is 12.9. The average Bonchev–Trinajstić information content (AvgIpc) is 2.77. The van der Waals surface area contributed by atoms with Gasteiger partial charge in [-0.05, 0) is 66.9 Å². The summed E-state index contributed by atoms with van der Waals surface area (Å²) in [6, 6.07) is 16.6. The number of anilines is 1. The molecule has 0 aliphatic carbocycles. The number of hydrogen-bond acceptors (Lipinski definition) is 5. The fraction of sp³-hybridized carbons (Fsp3) is 0.167. The van der Waals surface area contributed by atoms with E-state index < -0.39 is 28.5 Å². The molecule has 0 aliphatic rings. The van der Waals surface area contributed by atoms with Crippen LogP contribution in [0.1, 0.15) is 27.0 Å². The van der Waals surface area contributed by atoms with Gasteiger partial charge in [-0.3, -0.25) is 9.52 Å². The normalized spacial score (nSPS) is 11.0. The van der Waals surface area contributed by atoms with E-state index in [9.17, 15) is 22.4 Å². The zero-order chi connectivity index (χ0) is 24.0. The summed E-state index contributed by atoms with van der Waals surface area (Å²) in [6.07, 6.45) is 0. The molecule has 7 nitrogen and oxygen atoms in total. The molecule has 0 unspecified atom stereocenters. The fourth-order valence-corrected chi connectivity index (χ4v) is 4.05. The summed E-state index contributed by atoms with van der Waals surface area (Å²) in [4.78, 5) is 24.4. The van der Waals surface area contributed by atoms with E-state index in [0.29, 0.717) is 16.8 Å². The van der Waals surface area contributed by atoms with Crippen molar-refractivity contribution in [2.75, 3.05) is 11.3 Å². The molecule has 0 fully saturated rings. The van der Waals surface area contributed by atoms with Gasteiger partial charge < -0.3 is 10.1 Å². The summed E-state index contributed by atoms with van der Waals surface area (Å²) in [5.41, 5.74) is 2.51. The first kappa shape index (κ1) is 23.9. The Balaban J connectivity index is 1.63. The molecule has 0 saturated carbocycles. The minimum Gasteiger partial charge on any atom is -0.452 e. The van der Waals surface area contributed by atoms with Gasteiger partial charge in [0, 0.05) is 12.2 Å². The zero-order valence-corrected chi connectivity index (χ0v) is 18.9. The van der Waals surface area contributed by atoms with Crippen molar-refractivity contribution in [2.24, 2.45) is 0 Å². The molecule has 3 rings (SSSR count). The van der Waals surface area contributed by atoms with Crippen LogP contribution in [0.2, 0.25) is 0 Å². The third-order valence-corrected chi connectivity index (χ3v) is 6.13. The van der Waals surface area contributed by atoms with Gasteiger partial charge in [0.2, 0.25) is 0 Å². The van der Waals surface area contributed by atoms with Crippen molar-refractivity contribution in [3.8, 4) is 0 Å². The molecule has 33 heavy (non-hydrogen) atoms. The fourth-order valence-electron chi connectivity index (χ4n) is 2.97. The predicted molar refractivity (Wildman–Crippen MR) is 122 cm³/mol. The number of amides is 1. The third kappa shape index (κ3) is 6.63. The van der Waals surface area contributed by atoms with Crippen molar-refractivity contribution in [1.29, 1.82) is 0 Å². The highest BCUT2D eigenvalue weighted by atomic mass is 32.2. The summed E-state index contributed by atoms with van der Waals surface area (Å²) >= 11 is 0. The molecular formula is C24H23FN2O5S. The van der Waals surface area contributed by atoms with Gasteiger partial charge >= 0.3 is 5.97 Å². The second kappa shape index (κ2) is 10.3. The van der Waals surface area contributed by atoms with Gasteiger partial charge in [-0.1, -0.05) is 30.3 Å². The number of ether oxygens (including phenoxy) is 1. The van der Waals surface area contributed by atoms with Crippen LogP contribution in [-0.2, 0) is 26.1 Å². The molecule has 0 bridgehead atoms.